The summed E-state index contributed by atoms with van der Waals surface area (Å²) in [6, 6.07) is 8.75. The zero-order valence-electron chi connectivity index (χ0n) is 16.5. The summed E-state index contributed by atoms with van der Waals surface area (Å²) >= 11 is 0. The molecule has 0 unspecified atom stereocenters. The van der Waals surface area contributed by atoms with Gasteiger partial charge in [-0.3, -0.25) is 0 Å². The summed E-state index contributed by atoms with van der Waals surface area (Å²) in [5, 5.41) is 0. The molecule has 2 heteroatoms. The molecule has 0 fully saturated rings. The van der Waals surface area contributed by atoms with Crippen LogP contribution in [0.2, 0.25) is 0 Å². The van der Waals surface area contributed by atoms with E-state index < -0.39 is 0 Å². The maximum Gasteiger partial charge on any atom is 0.130 e. The van der Waals surface area contributed by atoms with Crippen molar-refractivity contribution in [1.82, 2.24) is 0 Å². The lowest BCUT2D eigenvalue weighted by Crippen LogP contribution is -2.03. The fourth-order valence-electron chi connectivity index (χ4n) is 3.33. The van der Waals surface area contributed by atoms with Gasteiger partial charge in [0.2, 0.25) is 0 Å². The van der Waals surface area contributed by atoms with Crippen molar-refractivity contribution in [2.75, 3.05) is 13.7 Å². The molecular weight excluding hydrogens is 320 g/mol. The van der Waals surface area contributed by atoms with Gasteiger partial charge in [-0.2, -0.15) is 0 Å². The first kappa shape index (κ1) is 19.8. The fraction of sp³-hybridized carbons (Fsp3) is 0.333. The number of benzene rings is 2. The van der Waals surface area contributed by atoms with Gasteiger partial charge >= 0.3 is 0 Å². The van der Waals surface area contributed by atoms with E-state index >= 15 is 0 Å². The van der Waals surface area contributed by atoms with Gasteiger partial charge in [0.25, 0.3) is 0 Å². The molecule has 2 aromatic carbocycles. The zero-order valence-corrected chi connectivity index (χ0v) is 16.5. The first-order chi connectivity index (χ1) is 12.5. The van der Waals surface area contributed by atoms with Gasteiger partial charge in [0.15, 0.2) is 0 Å². The van der Waals surface area contributed by atoms with E-state index in [1.165, 1.54) is 27.8 Å². The van der Waals surface area contributed by atoms with Crippen LogP contribution in [0.4, 0.5) is 0 Å². The SMILES string of the molecule is C=CCCc1c(OC)cc(C)cc1-c1cc(C)cc(CC)c1OCC=C. The second kappa shape index (κ2) is 9.28. The third kappa shape index (κ3) is 4.37. The van der Waals surface area contributed by atoms with Crippen molar-refractivity contribution in [3.05, 3.63) is 71.8 Å². The van der Waals surface area contributed by atoms with Crippen LogP contribution in [0, 0.1) is 13.8 Å². The van der Waals surface area contributed by atoms with Crippen molar-refractivity contribution in [2.24, 2.45) is 0 Å². The third-order valence-electron chi connectivity index (χ3n) is 4.50. The van der Waals surface area contributed by atoms with Crippen molar-refractivity contribution in [3.63, 3.8) is 0 Å². The van der Waals surface area contributed by atoms with Gasteiger partial charge in [0.1, 0.15) is 18.1 Å². The number of allylic oxidation sites excluding steroid dienone is 1. The molecule has 0 aliphatic heterocycles. The van der Waals surface area contributed by atoms with Crippen molar-refractivity contribution >= 4 is 0 Å². The predicted octanol–water partition coefficient (Wildman–Crippen LogP) is 6.22. The molecular formula is C24H30O2. The van der Waals surface area contributed by atoms with Gasteiger partial charge in [0, 0.05) is 11.1 Å². The van der Waals surface area contributed by atoms with Crippen molar-refractivity contribution in [3.8, 4) is 22.6 Å². The molecule has 2 aromatic rings. The maximum absolute atomic E-state index is 6.11. The highest BCUT2D eigenvalue weighted by molar-refractivity contribution is 5.78. The van der Waals surface area contributed by atoms with E-state index in [1.54, 1.807) is 13.2 Å². The summed E-state index contributed by atoms with van der Waals surface area (Å²) in [6.07, 6.45) is 6.46. The summed E-state index contributed by atoms with van der Waals surface area (Å²) in [5.41, 5.74) is 7.14. The molecule has 0 saturated heterocycles. The number of ether oxygens (including phenoxy) is 2. The highest BCUT2D eigenvalue weighted by Crippen LogP contribution is 2.40. The molecule has 0 bridgehead atoms. The van der Waals surface area contributed by atoms with E-state index in [0.717, 1.165) is 36.3 Å². The van der Waals surface area contributed by atoms with Gasteiger partial charge in [0.05, 0.1) is 7.11 Å². The molecule has 138 valence electrons. The summed E-state index contributed by atoms with van der Waals surface area (Å²) in [6.45, 7) is 14.6. The average Bonchev–Trinajstić information content (AvgIpc) is 2.64. The van der Waals surface area contributed by atoms with E-state index in [0.29, 0.717) is 6.61 Å². The number of methoxy groups -OCH3 is 1. The van der Waals surface area contributed by atoms with Gasteiger partial charge < -0.3 is 9.47 Å². The fourth-order valence-corrected chi connectivity index (χ4v) is 3.33. The van der Waals surface area contributed by atoms with Crippen LogP contribution in [-0.2, 0) is 12.8 Å². The lowest BCUT2D eigenvalue weighted by Gasteiger charge is -2.20. The Labute approximate surface area is 158 Å². The van der Waals surface area contributed by atoms with Crippen LogP contribution < -0.4 is 9.47 Å². The van der Waals surface area contributed by atoms with Gasteiger partial charge in [-0.05, 0) is 67.5 Å². The van der Waals surface area contributed by atoms with E-state index in [4.69, 9.17) is 9.47 Å². The molecule has 0 aromatic heterocycles. The number of hydrogen-bond donors (Lipinski definition) is 0. The largest absolute Gasteiger partial charge is 0.496 e. The molecule has 0 radical (unpaired) electrons. The second-order valence-electron chi connectivity index (χ2n) is 6.57. The second-order valence-corrected chi connectivity index (χ2v) is 6.57. The molecule has 0 atom stereocenters. The number of aryl methyl sites for hydroxylation is 3. The minimum absolute atomic E-state index is 0.494. The number of rotatable bonds is 9. The summed E-state index contributed by atoms with van der Waals surface area (Å²) in [4.78, 5) is 0. The van der Waals surface area contributed by atoms with E-state index in [1.807, 2.05) is 6.08 Å². The molecule has 2 nitrogen and oxygen atoms in total. The Balaban J connectivity index is 2.76. The quantitative estimate of drug-likeness (QED) is 0.499. The molecule has 0 aliphatic carbocycles. The molecule has 2 rings (SSSR count). The Morgan fingerprint density at radius 3 is 2.27 bits per heavy atom. The standard InChI is InChI=1S/C24H30O2/c1-7-10-11-20-21(14-18(5)16-23(20)25-6)22-15-17(4)13-19(9-3)24(22)26-12-8-2/h7-8,13-16H,1-2,9-12H2,3-6H3. The molecule has 0 saturated carbocycles. The molecule has 0 aliphatic rings. The Morgan fingerprint density at radius 2 is 1.65 bits per heavy atom. The smallest absolute Gasteiger partial charge is 0.130 e. The zero-order chi connectivity index (χ0) is 19.1. The van der Waals surface area contributed by atoms with Crippen molar-refractivity contribution in [2.45, 2.75) is 40.0 Å². The van der Waals surface area contributed by atoms with Crippen molar-refractivity contribution in [1.29, 1.82) is 0 Å². The van der Waals surface area contributed by atoms with Gasteiger partial charge in [-0.15, -0.1) is 6.58 Å². The van der Waals surface area contributed by atoms with Gasteiger partial charge in [-0.25, -0.2) is 0 Å². The topological polar surface area (TPSA) is 18.5 Å². The Morgan fingerprint density at radius 1 is 0.962 bits per heavy atom. The van der Waals surface area contributed by atoms with E-state index in [-0.39, 0.29) is 0 Å². The Kier molecular flexibility index (Phi) is 7.08. The lowest BCUT2D eigenvalue weighted by molar-refractivity contribution is 0.361. The van der Waals surface area contributed by atoms with Crippen LogP contribution in [-0.4, -0.2) is 13.7 Å². The monoisotopic (exact) mass is 350 g/mol. The Bertz CT molecular complexity index is 720. The van der Waals surface area contributed by atoms with Crippen LogP contribution in [0.1, 0.15) is 35.6 Å². The highest BCUT2D eigenvalue weighted by atomic mass is 16.5. The molecule has 0 spiro atoms. The van der Waals surface area contributed by atoms with Crippen LogP contribution in [0.3, 0.4) is 0 Å². The first-order valence-corrected chi connectivity index (χ1v) is 9.21. The van der Waals surface area contributed by atoms with Gasteiger partial charge in [-0.1, -0.05) is 37.8 Å². The third-order valence-corrected chi connectivity index (χ3v) is 4.50. The first-order valence-electron chi connectivity index (χ1n) is 9.21. The molecule has 0 heterocycles. The van der Waals surface area contributed by atoms with Crippen molar-refractivity contribution < 1.29 is 9.47 Å². The van der Waals surface area contributed by atoms with Crippen LogP contribution in [0.25, 0.3) is 11.1 Å². The minimum Gasteiger partial charge on any atom is -0.496 e. The summed E-state index contributed by atoms with van der Waals surface area (Å²) < 4.78 is 11.8. The lowest BCUT2D eigenvalue weighted by atomic mass is 9.90. The molecule has 0 amide bonds. The Hall–Kier alpha value is -2.48. The molecule has 0 N–H and O–H groups in total. The maximum atomic E-state index is 6.11. The van der Waals surface area contributed by atoms with E-state index in [9.17, 15) is 0 Å². The van der Waals surface area contributed by atoms with Crippen LogP contribution in [0.5, 0.6) is 11.5 Å². The van der Waals surface area contributed by atoms with Crippen LogP contribution in [0.15, 0.2) is 49.6 Å². The van der Waals surface area contributed by atoms with Crippen LogP contribution >= 0.6 is 0 Å². The normalized spacial score (nSPS) is 10.5. The van der Waals surface area contributed by atoms with E-state index in [2.05, 4.69) is 58.2 Å². The number of hydrogen-bond acceptors (Lipinski definition) is 2. The summed E-state index contributed by atoms with van der Waals surface area (Å²) in [7, 11) is 1.73. The predicted molar refractivity (Wildman–Crippen MR) is 111 cm³/mol. The average molecular weight is 351 g/mol. The highest BCUT2D eigenvalue weighted by Gasteiger charge is 2.18. The molecule has 26 heavy (non-hydrogen) atoms. The minimum atomic E-state index is 0.494. The summed E-state index contributed by atoms with van der Waals surface area (Å²) in [5.74, 6) is 1.88.